The van der Waals surface area contributed by atoms with Gasteiger partial charge in [0.2, 0.25) is 0 Å². The van der Waals surface area contributed by atoms with Crippen LogP contribution in [0.3, 0.4) is 0 Å². The average molecular weight is 259 g/mol. The van der Waals surface area contributed by atoms with E-state index in [-0.39, 0.29) is 66.8 Å². The SMILES string of the molecule is C.C.C.C.C.C.C.C.C.CCCCCCCC. The van der Waals surface area contributed by atoms with Crippen LogP contribution in [-0.2, 0) is 0 Å². The quantitative estimate of drug-likeness (QED) is 0.431. The highest BCUT2D eigenvalue weighted by molar-refractivity contribution is 4.39. The molecule has 0 unspecified atom stereocenters. The molecule has 0 aliphatic carbocycles. The van der Waals surface area contributed by atoms with Gasteiger partial charge in [-0.05, 0) is 0 Å². The first-order valence-electron chi connectivity index (χ1n) is 3.91. The van der Waals surface area contributed by atoms with E-state index in [4.69, 9.17) is 0 Å². The molecule has 0 aromatic rings. The lowest BCUT2D eigenvalue weighted by molar-refractivity contribution is 0.624. The molecule has 122 valence electrons. The summed E-state index contributed by atoms with van der Waals surface area (Å²) in [5.41, 5.74) is 0. The summed E-state index contributed by atoms with van der Waals surface area (Å²) in [6.07, 6.45) is 8.49. The van der Waals surface area contributed by atoms with Gasteiger partial charge in [-0.3, -0.25) is 0 Å². The summed E-state index contributed by atoms with van der Waals surface area (Å²) < 4.78 is 0. The van der Waals surface area contributed by atoms with Gasteiger partial charge in [0.25, 0.3) is 0 Å². The first kappa shape index (κ1) is 88.8. The van der Waals surface area contributed by atoms with Gasteiger partial charge in [-0.15, -0.1) is 0 Å². The summed E-state index contributed by atoms with van der Waals surface area (Å²) in [6, 6.07) is 0. The molecule has 0 heterocycles. The summed E-state index contributed by atoms with van der Waals surface area (Å²) >= 11 is 0. The summed E-state index contributed by atoms with van der Waals surface area (Å²) in [7, 11) is 0. The molecule has 0 radical (unpaired) electrons. The van der Waals surface area contributed by atoms with Gasteiger partial charge in [-0.2, -0.15) is 0 Å². The second kappa shape index (κ2) is 100. The van der Waals surface area contributed by atoms with Crippen LogP contribution < -0.4 is 0 Å². The molecular formula is C17H54. The van der Waals surface area contributed by atoms with Crippen molar-refractivity contribution in [3.8, 4) is 0 Å². The summed E-state index contributed by atoms with van der Waals surface area (Å²) in [4.78, 5) is 0. The minimum Gasteiger partial charge on any atom is -0.0776 e. The molecule has 0 aliphatic rings. The normalized spacial score (nSPS) is 4.59. The molecule has 0 aromatic carbocycles. The lowest BCUT2D eigenvalue weighted by atomic mass is 10.1. The first-order chi connectivity index (χ1) is 3.91. The number of rotatable bonds is 5. The maximum atomic E-state index is 2.26. The van der Waals surface area contributed by atoms with Gasteiger partial charge in [0, 0.05) is 0 Å². The topological polar surface area (TPSA) is 0 Å². The Hall–Kier alpha value is 0. The second-order valence-electron chi connectivity index (χ2n) is 2.41. The van der Waals surface area contributed by atoms with Gasteiger partial charge in [0.15, 0.2) is 0 Å². The van der Waals surface area contributed by atoms with Gasteiger partial charge in [0.05, 0.1) is 0 Å². The minimum absolute atomic E-state index is 0. The zero-order valence-corrected chi connectivity index (χ0v) is 6.24. The average Bonchev–Trinajstić information content (AvgIpc) is 1.81. The monoisotopic (exact) mass is 258 g/mol. The molecule has 0 nitrogen and oxygen atoms in total. The second-order valence-corrected chi connectivity index (χ2v) is 2.41. The highest BCUT2D eigenvalue weighted by Crippen LogP contribution is 2.03. The molecule has 0 atom stereocenters. The molecule has 0 aliphatic heterocycles. The van der Waals surface area contributed by atoms with E-state index < -0.39 is 0 Å². The lowest BCUT2D eigenvalue weighted by Crippen LogP contribution is -1.73. The highest BCUT2D eigenvalue weighted by atomic mass is 13.9. The number of hydrogen-bond donors (Lipinski definition) is 0. The van der Waals surface area contributed by atoms with E-state index in [2.05, 4.69) is 13.8 Å². The van der Waals surface area contributed by atoms with Crippen molar-refractivity contribution in [3.63, 3.8) is 0 Å². The van der Waals surface area contributed by atoms with Crippen LogP contribution >= 0.6 is 0 Å². The van der Waals surface area contributed by atoms with E-state index in [1.165, 1.54) is 38.5 Å². The van der Waals surface area contributed by atoms with Crippen LogP contribution in [0.4, 0.5) is 0 Å². The summed E-state index contributed by atoms with van der Waals surface area (Å²) in [6.45, 7) is 4.51. The lowest BCUT2D eigenvalue weighted by Gasteiger charge is -1.93. The van der Waals surface area contributed by atoms with Crippen molar-refractivity contribution < 1.29 is 0 Å². The van der Waals surface area contributed by atoms with Crippen LogP contribution in [0.1, 0.15) is 119 Å². The van der Waals surface area contributed by atoms with Crippen LogP contribution in [0.15, 0.2) is 0 Å². The maximum absolute atomic E-state index is 2.26. The molecule has 0 spiro atoms. The van der Waals surface area contributed by atoms with Gasteiger partial charge in [-0.1, -0.05) is 119 Å². The molecule has 0 heteroatoms. The van der Waals surface area contributed by atoms with Crippen LogP contribution in [0.5, 0.6) is 0 Å². The molecule has 0 bridgehead atoms. The van der Waals surface area contributed by atoms with Gasteiger partial charge in [0.1, 0.15) is 0 Å². The third-order valence-electron chi connectivity index (χ3n) is 1.46. The largest absolute Gasteiger partial charge is 0.0776 e. The van der Waals surface area contributed by atoms with Crippen molar-refractivity contribution in [3.05, 3.63) is 0 Å². The third kappa shape index (κ3) is 125. The fourth-order valence-electron chi connectivity index (χ4n) is 0.854. The summed E-state index contributed by atoms with van der Waals surface area (Å²) in [5.74, 6) is 0. The van der Waals surface area contributed by atoms with Crippen molar-refractivity contribution in [2.75, 3.05) is 0 Å². The summed E-state index contributed by atoms with van der Waals surface area (Å²) in [5, 5.41) is 0. The molecule has 0 aromatic heterocycles. The van der Waals surface area contributed by atoms with Crippen molar-refractivity contribution in [2.45, 2.75) is 119 Å². The predicted octanol–water partition coefficient (Wildman–Crippen LogP) is 9.09. The predicted molar refractivity (Wildman–Crippen MR) is 99.6 cm³/mol. The molecule has 0 N–H and O–H groups in total. The van der Waals surface area contributed by atoms with Crippen molar-refractivity contribution in [1.82, 2.24) is 0 Å². The highest BCUT2D eigenvalue weighted by Gasteiger charge is 1.83. The molecule has 17 heavy (non-hydrogen) atoms. The fourth-order valence-corrected chi connectivity index (χ4v) is 0.854. The zero-order chi connectivity index (χ0) is 6.24. The van der Waals surface area contributed by atoms with Crippen LogP contribution in [0.25, 0.3) is 0 Å². The Morgan fingerprint density at radius 2 is 0.529 bits per heavy atom. The molecule has 0 saturated carbocycles. The Bertz CT molecular complexity index is 25.0. The van der Waals surface area contributed by atoms with E-state index in [1.807, 2.05) is 0 Å². The maximum Gasteiger partial charge on any atom is -0.0533 e. The van der Waals surface area contributed by atoms with E-state index in [9.17, 15) is 0 Å². The van der Waals surface area contributed by atoms with E-state index >= 15 is 0 Å². The van der Waals surface area contributed by atoms with E-state index in [1.54, 1.807) is 0 Å². The smallest absolute Gasteiger partial charge is 0.0533 e. The van der Waals surface area contributed by atoms with Crippen molar-refractivity contribution >= 4 is 0 Å². The Morgan fingerprint density at radius 1 is 0.353 bits per heavy atom. The van der Waals surface area contributed by atoms with E-state index in [0.29, 0.717) is 0 Å². The van der Waals surface area contributed by atoms with Crippen molar-refractivity contribution in [1.29, 1.82) is 0 Å². The van der Waals surface area contributed by atoms with E-state index in [0.717, 1.165) is 0 Å². The van der Waals surface area contributed by atoms with Crippen LogP contribution in [-0.4, -0.2) is 0 Å². The third-order valence-corrected chi connectivity index (χ3v) is 1.46. The van der Waals surface area contributed by atoms with Crippen LogP contribution in [0, 0.1) is 0 Å². The van der Waals surface area contributed by atoms with Gasteiger partial charge < -0.3 is 0 Å². The molecule has 0 rings (SSSR count). The molecule has 0 amide bonds. The molecular weight excluding hydrogens is 204 g/mol. The Balaban J connectivity index is -0.00000000681. The zero-order valence-electron chi connectivity index (χ0n) is 6.24. The Morgan fingerprint density at radius 3 is 0.647 bits per heavy atom. The Labute approximate surface area is 120 Å². The molecule has 0 saturated heterocycles. The fraction of sp³-hybridized carbons (Fsp3) is 1.00. The number of hydrogen-bond acceptors (Lipinski definition) is 0. The Kier molecular flexibility index (Phi) is 522. The minimum atomic E-state index is 0. The standard InChI is InChI=1S/C8H18.9CH4/c1-3-5-7-8-6-4-2;;;;;;;;;/h3-8H2,1-2H3;9*1H4. The first-order valence-corrected chi connectivity index (χ1v) is 3.91. The number of unbranched alkanes of at least 4 members (excludes halogenated alkanes) is 5. The van der Waals surface area contributed by atoms with Crippen molar-refractivity contribution in [2.24, 2.45) is 0 Å². The van der Waals surface area contributed by atoms with Gasteiger partial charge >= 0.3 is 0 Å². The molecule has 0 fully saturated rings. The van der Waals surface area contributed by atoms with Crippen LogP contribution in [0.2, 0.25) is 0 Å². The van der Waals surface area contributed by atoms with Gasteiger partial charge in [-0.25, -0.2) is 0 Å².